The van der Waals surface area contributed by atoms with E-state index in [2.05, 4.69) is 94.8 Å². The topological polar surface area (TPSA) is 21.5 Å². The van der Waals surface area contributed by atoms with Crippen LogP contribution in [0, 0.1) is 0 Å². The molecular formula is C30H42NO2Se+. The zero-order valence-corrected chi connectivity index (χ0v) is 23.9. The molecule has 0 radical (unpaired) electrons. The predicted molar refractivity (Wildman–Crippen MR) is 143 cm³/mol. The van der Waals surface area contributed by atoms with Gasteiger partial charge in [0.15, 0.2) is 0 Å². The Morgan fingerprint density at radius 2 is 1.50 bits per heavy atom. The molecule has 34 heavy (non-hydrogen) atoms. The molecule has 0 aromatic heterocycles. The zero-order valence-electron chi connectivity index (χ0n) is 22.2. The Bertz CT molecular complexity index is 996. The maximum atomic E-state index is 6.46. The molecule has 0 aliphatic carbocycles. The van der Waals surface area contributed by atoms with Gasteiger partial charge in [-0.2, -0.15) is 0 Å². The number of rotatable bonds is 8. The fourth-order valence-electron chi connectivity index (χ4n) is 5.10. The Hall–Kier alpha value is -1.45. The van der Waals surface area contributed by atoms with Crippen molar-refractivity contribution in [2.24, 2.45) is 0 Å². The van der Waals surface area contributed by atoms with Gasteiger partial charge in [-0.3, -0.25) is 0 Å². The Balaban J connectivity index is 1.64. The summed E-state index contributed by atoms with van der Waals surface area (Å²) in [6, 6.07) is 16.1. The van der Waals surface area contributed by atoms with E-state index >= 15 is 0 Å². The monoisotopic (exact) mass is 528 g/mol. The minimum absolute atomic E-state index is 0.0389. The van der Waals surface area contributed by atoms with Crippen molar-refractivity contribution in [1.29, 1.82) is 0 Å². The van der Waals surface area contributed by atoms with Gasteiger partial charge in [-0.05, 0) is 0 Å². The van der Waals surface area contributed by atoms with E-state index in [1.165, 1.54) is 11.1 Å². The molecule has 1 unspecified atom stereocenters. The van der Waals surface area contributed by atoms with Crippen LogP contribution in [0.5, 0.6) is 0 Å². The van der Waals surface area contributed by atoms with Gasteiger partial charge in [0.25, 0.3) is 0 Å². The number of benzene rings is 2. The van der Waals surface area contributed by atoms with E-state index in [-0.39, 0.29) is 12.2 Å². The second kappa shape index (κ2) is 10.3. The van der Waals surface area contributed by atoms with Crippen molar-refractivity contribution < 1.29 is 14.0 Å². The summed E-state index contributed by atoms with van der Waals surface area (Å²) >= 11 is 0.354. The molecule has 0 amide bonds. The number of fused-ring (bicyclic) bond motifs is 1. The van der Waals surface area contributed by atoms with E-state index in [0.717, 1.165) is 11.9 Å². The SMILES string of the molecule is CC(C)c1cc(C(C)C)c([Se]CC2[C@H]3OC(C)(C)O[C@H]3C=[N+]2Cc2ccccc2)c(C(C)C)c1. The molecule has 184 valence electrons. The standard InChI is InChI=1S/C30H42NO2Se/c1-19(2)23-14-24(20(3)4)29(25(15-23)21(5)6)34-18-26-28-27(32-30(7,8)33-28)17-31(26)16-22-12-10-9-11-13-22/h9-15,17,19-21,26-28H,16,18H2,1-8H3/q+1/t26?,27-,28+/m0/s1. The van der Waals surface area contributed by atoms with Crippen LogP contribution in [0.3, 0.4) is 0 Å². The summed E-state index contributed by atoms with van der Waals surface area (Å²) in [4.78, 5) is 0. The summed E-state index contributed by atoms with van der Waals surface area (Å²) in [5, 5.41) is 1.12. The predicted octanol–water partition coefficient (Wildman–Crippen LogP) is 5.99. The Morgan fingerprint density at radius 1 is 0.882 bits per heavy atom. The van der Waals surface area contributed by atoms with Crippen LogP contribution in [0.4, 0.5) is 0 Å². The third kappa shape index (κ3) is 5.51. The molecule has 3 atom stereocenters. The van der Waals surface area contributed by atoms with Gasteiger partial charge in [-0.1, -0.05) is 0 Å². The first-order chi connectivity index (χ1) is 16.1. The van der Waals surface area contributed by atoms with Crippen molar-refractivity contribution in [1.82, 2.24) is 0 Å². The van der Waals surface area contributed by atoms with Crippen LogP contribution in [0.1, 0.15) is 95.4 Å². The van der Waals surface area contributed by atoms with Gasteiger partial charge in [0.1, 0.15) is 0 Å². The van der Waals surface area contributed by atoms with Crippen molar-refractivity contribution >= 4 is 25.6 Å². The van der Waals surface area contributed by atoms with E-state index < -0.39 is 5.79 Å². The summed E-state index contributed by atoms with van der Waals surface area (Å²) in [5.41, 5.74) is 5.91. The summed E-state index contributed by atoms with van der Waals surface area (Å²) in [5.74, 6) is 1.10. The van der Waals surface area contributed by atoms with E-state index in [4.69, 9.17) is 9.47 Å². The minimum atomic E-state index is -0.513. The molecule has 0 spiro atoms. The number of hydrogen-bond donors (Lipinski definition) is 0. The molecule has 2 aromatic rings. The van der Waals surface area contributed by atoms with Crippen LogP contribution < -0.4 is 4.46 Å². The number of hydrogen-bond acceptors (Lipinski definition) is 2. The van der Waals surface area contributed by atoms with Gasteiger partial charge in [0.05, 0.1) is 0 Å². The molecule has 4 heteroatoms. The molecule has 1 fully saturated rings. The normalized spacial score (nSPS) is 23.7. The second-order valence-corrected chi connectivity index (χ2v) is 13.4. The van der Waals surface area contributed by atoms with Gasteiger partial charge in [0, 0.05) is 0 Å². The molecule has 0 saturated carbocycles. The van der Waals surface area contributed by atoms with E-state index in [1.54, 1.807) is 15.6 Å². The van der Waals surface area contributed by atoms with Gasteiger partial charge >= 0.3 is 213 Å². The van der Waals surface area contributed by atoms with Crippen LogP contribution in [0.2, 0.25) is 5.32 Å². The van der Waals surface area contributed by atoms with E-state index in [1.807, 2.05) is 13.8 Å². The average Bonchev–Trinajstić information content (AvgIpc) is 3.22. The van der Waals surface area contributed by atoms with Crippen LogP contribution in [-0.2, 0) is 16.0 Å². The first-order valence-corrected chi connectivity index (χ1v) is 14.9. The molecule has 2 aromatic carbocycles. The van der Waals surface area contributed by atoms with Crippen molar-refractivity contribution in [3.05, 3.63) is 64.7 Å². The molecule has 2 aliphatic heterocycles. The van der Waals surface area contributed by atoms with E-state index in [9.17, 15) is 0 Å². The molecule has 4 rings (SSSR count). The number of nitrogens with zero attached hydrogens (tertiary/aromatic N) is 1. The van der Waals surface area contributed by atoms with Crippen LogP contribution >= 0.6 is 0 Å². The molecular weight excluding hydrogens is 485 g/mol. The maximum absolute atomic E-state index is 6.46. The summed E-state index contributed by atoms with van der Waals surface area (Å²) in [6.45, 7) is 19.0. The average molecular weight is 528 g/mol. The first-order valence-electron chi connectivity index (χ1n) is 12.9. The quantitative estimate of drug-likeness (QED) is 0.311. The fourth-order valence-corrected chi connectivity index (χ4v) is 8.54. The zero-order chi connectivity index (χ0) is 24.6. The number of ether oxygens (including phenoxy) is 2. The molecule has 2 aliphatic rings. The first kappa shape index (κ1) is 25.6. The second-order valence-electron chi connectivity index (χ2n) is 11.2. The molecule has 2 heterocycles. The van der Waals surface area contributed by atoms with Crippen molar-refractivity contribution in [2.75, 3.05) is 0 Å². The van der Waals surface area contributed by atoms with Gasteiger partial charge in [-0.25, -0.2) is 0 Å². The summed E-state index contributed by atoms with van der Waals surface area (Å²) in [6.07, 6.45) is 2.43. The Labute approximate surface area is 213 Å². The van der Waals surface area contributed by atoms with Crippen LogP contribution in [0.25, 0.3) is 0 Å². The third-order valence-corrected chi connectivity index (χ3v) is 9.65. The fraction of sp³-hybridized carbons (Fsp3) is 0.567. The van der Waals surface area contributed by atoms with Gasteiger partial charge in [-0.15, -0.1) is 0 Å². The van der Waals surface area contributed by atoms with Crippen molar-refractivity contribution in [3.63, 3.8) is 0 Å². The van der Waals surface area contributed by atoms with Crippen molar-refractivity contribution in [3.8, 4) is 0 Å². The van der Waals surface area contributed by atoms with Crippen LogP contribution in [0.15, 0.2) is 42.5 Å². The van der Waals surface area contributed by atoms with Crippen LogP contribution in [-0.4, -0.2) is 49.8 Å². The summed E-state index contributed by atoms with van der Waals surface area (Å²) in [7, 11) is 0. The van der Waals surface area contributed by atoms with Gasteiger partial charge in [0.2, 0.25) is 0 Å². The molecule has 0 bridgehead atoms. The third-order valence-electron chi connectivity index (χ3n) is 6.99. The Kier molecular flexibility index (Phi) is 7.74. The molecule has 0 N–H and O–H groups in total. The van der Waals surface area contributed by atoms with Gasteiger partial charge < -0.3 is 0 Å². The molecule has 1 saturated heterocycles. The van der Waals surface area contributed by atoms with E-state index in [0.29, 0.717) is 38.8 Å². The molecule has 3 nitrogen and oxygen atoms in total. The van der Waals surface area contributed by atoms with Crippen molar-refractivity contribution in [2.45, 2.75) is 109 Å². The summed E-state index contributed by atoms with van der Waals surface area (Å²) < 4.78 is 16.8. The Morgan fingerprint density at radius 3 is 2.06 bits per heavy atom.